The van der Waals surface area contributed by atoms with Crippen LogP contribution >= 0.6 is 0 Å². The Kier molecular flexibility index (Phi) is 5.49. The van der Waals surface area contributed by atoms with Gasteiger partial charge in [0.1, 0.15) is 5.75 Å². The third-order valence-electron chi connectivity index (χ3n) is 4.07. The molecule has 0 aliphatic rings. The Morgan fingerprint density at radius 1 is 1.00 bits per heavy atom. The molecule has 0 aromatic heterocycles. The summed E-state index contributed by atoms with van der Waals surface area (Å²) in [4.78, 5) is 12.1. The third-order valence-corrected chi connectivity index (χ3v) is 4.07. The highest BCUT2D eigenvalue weighted by atomic mass is 16.5. The first-order valence-corrected chi connectivity index (χ1v) is 8.37. The fraction of sp³-hybridized carbons (Fsp3) is 0.143. The zero-order chi connectivity index (χ0) is 18.4. The van der Waals surface area contributed by atoms with E-state index in [4.69, 9.17) is 4.74 Å². The number of carbonyl (C=O) groups excluding carboxylic acids is 1. The fourth-order valence-electron chi connectivity index (χ4n) is 2.75. The van der Waals surface area contributed by atoms with Gasteiger partial charge in [0.05, 0.1) is 25.1 Å². The maximum absolute atomic E-state index is 12.1. The molecule has 0 radical (unpaired) electrons. The van der Waals surface area contributed by atoms with Gasteiger partial charge in [0.25, 0.3) is 5.91 Å². The Morgan fingerprint density at radius 2 is 1.73 bits per heavy atom. The summed E-state index contributed by atoms with van der Waals surface area (Å²) in [7, 11) is 1.60. The molecule has 1 amide bonds. The molecule has 0 atom stereocenters. The van der Waals surface area contributed by atoms with Crippen LogP contribution in [-0.2, 0) is 4.79 Å². The topological polar surface area (TPSA) is 62.7 Å². The Hall–Kier alpha value is -3.34. The van der Waals surface area contributed by atoms with Crippen molar-refractivity contribution in [3.63, 3.8) is 0 Å². The Bertz CT molecular complexity index is 945. The van der Waals surface area contributed by atoms with Gasteiger partial charge in [0, 0.05) is 5.56 Å². The van der Waals surface area contributed by atoms with Gasteiger partial charge in [-0.2, -0.15) is 5.10 Å². The molecule has 132 valence electrons. The number of fused-ring (bicyclic) bond motifs is 1. The van der Waals surface area contributed by atoms with Gasteiger partial charge in [-0.15, -0.1) is 0 Å². The average Bonchev–Trinajstić information content (AvgIpc) is 2.70. The van der Waals surface area contributed by atoms with Gasteiger partial charge in [-0.3, -0.25) is 4.79 Å². The minimum Gasteiger partial charge on any atom is -0.495 e. The number of carbonyl (C=O) groups is 1. The number of hydrogen-bond donors (Lipinski definition) is 2. The normalized spacial score (nSPS) is 11.2. The number of hydrogen-bond acceptors (Lipinski definition) is 4. The van der Waals surface area contributed by atoms with Crippen LogP contribution in [0.4, 0.5) is 5.69 Å². The van der Waals surface area contributed by atoms with E-state index in [9.17, 15) is 4.79 Å². The van der Waals surface area contributed by atoms with Crippen LogP contribution in [0.5, 0.6) is 5.75 Å². The third kappa shape index (κ3) is 4.00. The summed E-state index contributed by atoms with van der Waals surface area (Å²) in [6, 6.07) is 21.6. The molecule has 5 nitrogen and oxygen atoms in total. The van der Waals surface area contributed by atoms with Crippen LogP contribution in [-0.4, -0.2) is 25.3 Å². The van der Waals surface area contributed by atoms with E-state index < -0.39 is 0 Å². The molecule has 0 heterocycles. The van der Waals surface area contributed by atoms with Crippen LogP contribution in [0.3, 0.4) is 0 Å². The lowest BCUT2D eigenvalue weighted by Gasteiger charge is -2.10. The Balaban J connectivity index is 1.66. The number of nitrogens with one attached hydrogen (secondary N) is 2. The van der Waals surface area contributed by atoms with Gasteiger partial charge in [-0.1, -0.05) is 54.6 Å². The number of hydrazone groups is 1. The van der Waals surface area contributed by atoms with Crippen LogP contribution in [0, 0.1) is 0 Å². The van der Waals surface area contributed by atoms with E-state index in [1.54, 1.807) is 7.11 Å². The highest BCUT2D eigenvalue weighted by Crippen LogP contribution is 2.22. The highest BCUT2D eigenvalue weighted by Gasteiger charge is 2.06. The first kappa shape index (κ1) is 17.5. The number of nitrogens with zero attached hydrogens (tertiary/aromatic N) is 1. The van der Waals surface area contributed by atoms with Gasteiger partial charge in [-0.05, 0) is 29.8 Å². The van der Waals surface area contributed by atoms with Crippen LogP contribution < -0.4 is 15.5 Å². The lowest BCUT2D eigenvalue weighted by atomic mass is 10.0. The van der Waals surface area contributed by atoms with E-state index >= 15 is 0 Å². The van der Waals surface area contributed by atoms with Gasteiger partial charge in [0.2, 0.25) is 0 Å². The maximum Gasteiger partial charge on any atom is 0.259 e. The van der Waals surface area contributed by atoms with Crippen molar-refractivity contribution in [3.05, 3.63) is 72.3 Å². The maximum atomic E-state index is 12.1. The summed E-state index contributed by atoms with van der Waals surface area (Å²) >= 11 is 0. The smallest absolute Gasteiger partial charge is 0.259 e. The number of methoxy groups -OCH3 is 1. The molecule has 3 rings (SSSR count). The van der Waals surface area contributed by atoms with Gasteiger partial charge < -0.3 is 10.1 Å². The van der Waals surface area contributed by atoms with Crippen molar-refractivity contribution in [1.29, 1.82) is 0 Å². The van der Waals surface area contributed by atoms with E-state index in [0.717, 1.165) is 27.7 Å². The number of rotatable bonds is 6. The van der Waals surface area contributed by atoms with Crippen LogP contribution in [0.25, 0.3) is 10.8 Å². The number of benzene rings is 3. The second kappa shape index (κ2) is 8.16. The molecule has 26 heavy (non-hydrogen) atoms. The lowest BCUT2D eigenvalue weighted by Crippen LogP contribution is -2.26. The molecule has 0 unspecified atom stereocenters. The van der Waals surface area contributed by atoms with E-state index in [1.807, 2.05) is 55.5 Å². The molecule has 0 spiro atoms. The summed E-state index contributed by atoms with van der Waals surface area (Å²) in [5.74, 6) is 0.464. The van der Waals surface area contributed by atoms with Gasteiger partial charge in [-0.25, -0.2) is 5.43 Å². The van der Waals surface area contributed by atoms with Crippen LogP contribution in [0.2, 0.25) is 0 Å². The molecule has 3 aromatic rings. The molecule has 0 fully saturated rings. The van der Waals surface area contributed by atoms with Crippen molar-refractivity contribution in [2.45, 2.75) is 6.92 Å². The summed E-state index contributed by atoms with van der Waals surface area (Å²) in [6.45, 7) is 1.99. The van der Waals surface area contributed by atoms with Gasteiger partial charge >= 0.3 is 0 Å². The molecular formula is C21H21N3O2. The van der Waals surface area contributed by atoms with Crippen LogP contribution in [0.15, 0.2) is 71.8 Å². The largest absolute Gasteiger partial charge is 0.495 e. The molecule has 0 aliphatic carbocycles. The van der Waals surface area contributed by atoms with Crippen LogP contribution in [0.1, 0.15) is 12.5 Å². The molecule has 2 N–H and O–H groups in total. The average molecular weight is 347 g/mol. The van der Waals surface area contributed by atoms with Crippen molar-refractivity contribution in [2.24, 2.45) is 5.10 Å². The number of amides is 1. The zero-order valence-corrected chi connectivity index (χ0v) is 14.8. The zero-order valence-electron chi connectivity index (χ0n) is 14.8. The molecular weight excluding hydrogens is 326 g/mol. The SMILES string of the molecule is COc1ccccc1NCC(=O)N/N=C(/C)c1cccc2ccccc12. The monoisotopic (exact) mass is 347 g/mol. The molecule has 3 aromatic carbocycles. The molecule has 0 bridgehead atoms. The van der Waals surface area contributed by atoms with E-state index in [2.05, 4.69) is 34.0 Å². The van der Waals surface area contributed by atoms with Crippen molar-refractivity contribution in [2.75, 3.05) is 19.0 Å². The van der Waals surface area contributed by atoms with Crippen molar-refractivity contribution in [1.82, 2.24) is 5.43 Å². The molecule has 0 aliphatic heterocycles. The lowest BCUT2D eigenvalue weighted by molar-refractivity contribution is -0.119. The quantitative estimate of drug-likeness (QED) is 0.527. The van der Waals surface area contributed by atoms with Crippen molar-refractivity contribution < 1.29 is 9.53 Å². The standard InChI is InChI=1S/C21H21N3O2/c1-15(17-11-7-9-16-8-3-4-10-18(16)17)23-24-21(25)14-22-19-12-5-6-13-20(19)26-2/h3-13,22H,14H2,1-2H3,(H,24,25)/b23-15-. The predicted molar refractivity (Wildman–Crippen MR) is 106 cm³/mol. The number of anilines is 1. The first-order chi connectivity index (χ1) is 12.7. The Labute approximate surface area is 152 Å². The predicted octanol–water partition coefficient (Wildman–Crippen LogP) is 3.80. The minimum atomic E-state index is -0.226. The number of para-hydroxylation sites is 2. The van der Waals surface area contributed by atoms with Gasteiger partial charge in [0.15, 0.2) is 0 Å². The summed E-state index contributed by atoms with van der Waals surface area (Å²) in [5.41, 5.74) is 5.12. The molecule has 0 saturated carbocycles. The minimum absolute atomic E-state index is 0.104. The van der Waals surface area contributed by atoms with Crippen molar-refractivity contribution >= 4 is 28.1 Å². The van der Waals surface area contributed by atoms with Crippen molar-refractivity contribution in [3.8, 4) is 5.75 Å². The molecule has 0 saturated heterocycles. The summed E-state index contributed by atoms with van der Waals surface area (Å²) < 4.78 is 5.25. The summed E-state index contributed by atoms with van der Waals surface area (Å²) in [6.07, 6.45) is 0. The van der Waals surface area contributed by atoms with E-state index in [-0.39, 0.29) is 12.5 Å². The van der Waals surface area contributed by atoms with E-state index in [1.165, 1.54) is 0 Å². The highest BCUT2D eigenvalue weighted by molar-refractivity contribution is 6.09. The second-order valence-electron chi connectivity index (χ2n) is 5.81. The number of ether oxygens (including phenoxy) is 1. The van der Waals surface area contributed by atoms with E-state index in [0.29, 0.717) is 5.75 Å². The fourth-order valence-corrected chi connectivity index (χ4v) is 2.75. The second-order valence-corrected chi connectivity index (χ2v) is 5.81. The first-order valence-electron chi connectivity index (χ1n) is 8.37. The Morgan fingerprint density at radius 3 is 2.58 bits per heavy atom. The summed E-state index contributed by atoms with van der Waals surface area (Å²) in [5, 5.41) is 9.55. The molecule has 5 heteroatoms.